The summed E-state index contributed by atoms with van der Waals surface area (Å²) in [5.41, 5.74) is 0. The minimum atomic E-state index is 0.597. The molecule has 0 spiro atoms. The Morgan fingerprint density at radius 3 is 2.25 bits per heavy atom. The van der Waals surface area contributed by atoms with E-state index in [0.717, 1.165) is 0 Å². The molecule has 0 fully saturated rings. The molecule has 0 amide bonds. The topological polar surface area (TPSA) is 0 Å². The molecule has 0 rings (SSSR count). The maximum Gasteiger partial charge on any atom is 0.109 e. The zero-order valence-electron chi connectivity index (χ0n) is 2.40. The Kier molecular flexibility index (Phi) is 3.18. The van der Waals surface area contributed by atoms with Crippen molar-refractivity contribution in [3.63, 3.8) is 0 Å². The molecule has 0 aromatic carbocycles. The van der Waals surface area contributed by atoms with Crippen LogP contribution in [0.25, 0.3) is 0 Å². The molecule has 2 heteroatoms. The molecule has 0 aliphatic rings. The van der Waals surface area contributed by atoms with Gasteiger partial charge in [0, 0.05) is 0 Å². The van der Waals surface area contributed by atoms with Gasteiger partial charge in [-0.2, -0.15) is 0 Å². The maximum absolute atomic E-state index is 10.6. The third kappa shape index (κ3) is 2.10. The lowest BCUT2D eigenvalue weighted by Gasteiger charge is -1.45. The summed E-state index contributed by atoms with van der Waals surface area (Å²) in [6, 6.07) is 0.597. The predicted octanol–water partition coefficient (Wildman–Crippen LogP) is 1.29. The highest BCUT2D eigenvalue weighted by atomic mass is 31.1. The summed E-state index contributed by atoms with van der Waals surface area (Å²) in [6.07, 6.45) is 0. The Hall–Kier alpha value is 0.100. The van der Waals surface area contributed by atoms with Gasteiger partial charge in [-0.25, -0.2) is 4.39 Å². The Morgan fingerprint density at radius 1 is 2.00 bits per heavy atom. The fourth-order valence-electron chi connectivity index (χ4n) is 0. The minimum Gasteiger partial charge on any atom is -0.211 e. The van der Waals surface area contributed by atoms with Crippen molar-refractivity contribution < 1.29 is 4.39 Å². The Morgan fingerprint density at radius 2 is 2.25 bits per heavy atom. The second kappa shape index (κ2) is 3.10. The molecular weight excluding hydrogens is 74.0 g/mol. The van der Waals surface area contributed by atoms with Gasteiger partial charge in [0.05, 0.1) is 0 Å². The normalized spacial score (nSPS) is 9.50. The SMILES string of the molecule is C/P=C\F. The van der Waals surface area contributed by atoms with E-state index in [2.05, 4.69) is 0 Å². The summed E-state index contributed by atoms with van der Waals surface area (Å²) in [4.78, 5) is 0. The summed E-state index contributed by atoms with van der Waals surface area (Å²) in [7, 11) is 0.707. The lowest BCUT2D eigenvalue weighted by atomic mass is 11.8. The number of halogens is 1. The van der Waals surface area contributed by atoms with Crippen molar-refractivity contribution in [3.8, 4) is 0 Å². The zero-order valence-corrected chi connectivity index (χ0v) is 3.30. The molecule has 0 radical (unpaired) electrons. The van der Waals surface area contributed by atoms with Gasteiger partial charge < -0.3 is 0 Å². The van der Waals surface area contributed by atoms with E-state index in [1.165, 1.54) is 0 Å². The fourth-order valence-corrected chi connectivity index (χ4v) is 0. The molecule has 0 nitrogen and oxygen atoms in total. The Bertz CT molecular complexity index is 21.2. The van der Waals surface area contributed by atoms with Crippen molar-refractivity contribution in [2.75, 3.05) is 6.66 Å². The van der Waals surface area contributed by atoms with E-state index in [-0.39, 0.29) is 0 Å². The van der Waals surface area contributed by atoms with Crippen molar-refractivity contribution in [2.24, 2.45) is 0 Å². The number of hydrogen-bond acceptors (Lipinski definition) is 0. The lowest BCUT2D eigenvalue weighted by Crippen LogP contribution is -1.28. The molecule has 0 heterocycles. The molecule has 4 heavy (non-hydrogen) atoms. The molecular formula is C2H4FP. The van der Waals surface area contributed by atoms with E-state index >= 15 is 0 Å². The van der Waals surface area contributed by atoms with Gasteiger partial charge in [-0.3, -0.25) is 0 Å². The standard InChI is InChI=1S/C2H4FP/c1-4-2-3/h2H,1H3. The smallest absolute Gasteiger partial charge is 0.109 e. The van der Waals surface area contributed by atoms with Crippen molar-refractivity contribution in [1.82, 2.24) is 0 Å². The van der Waals surface area contributed by atoms with Gasteiger partial charge >= 0.3 is 0 Å². The summed E-state index contributed by atoms with van der Waals surface area (Å²) < 4.78 is 10.6. The van der Waals surface area contributed by atoms with Crippen molar-refractivity contribution >= 4 is 14.3 Å². The maximum atomic E-state index is 10.6. The van der Waals surface area contributed by atoms with Crippen LogP contribution >= 0.6 is 8.20 Å². The molecule has 0 atom stereocenters. The minimum absolute atomic E-state index is 0.597. The molecule has 0 saturated heterocycles. The van der Waals surface area contributed by atoms with Gasteiger partial charge in [0.2, 0.25) is 0 Å². The average molecular weight is 78.0 g/mol. The first-order chi connectivity index (χ1) is 1.91. The third-order valence-corrected chi connectivity index (χ3v) is 0.293. The van der Waals surface area contributed by atoms with E-state index in [1.807, 2.05) is 0 Å². The largest absolute Gasteiger partial charge is 0.211 e. The van der Waals surface area contributed by atoms with E-state index in [4.69, 9.17) is 0 Å². The lowest BCUT2D eigenvalue weighted by molar-refractivity contribution is 0.861. The predicted molar refractivity (Wildman–Crippen MR) is 20.0 cm³/mol. The van der Waals surface area contributed by atoms with Crippen molar-refractivity contribution in [2.45, 2.75) is 0 Å². The highest BCUT2D eigenvalue weighted by molar-refractivity contribution is 7.36. The number of rotatable bonds is 0. The first-order valence-corrected chi connectivity index (χ1v) is 2.33. The monoisotopic (exact) mass is 78.0 g/mol. The van der Waals surface area contributed by atoms with Gasteiger partial charge in [-0.05, 0) is 6.66 Å². The molecule has 0 aliphatic heterocycles. The van der Waals surface area contributed by atoms with Crippen LogP contribution < -0.4 is 0 Å². The van der Waals surface area contributed by atoms with Crippen LogP contribution in [-0.2, 0) is 0 Å². The van der Waals surface area contributed by atoms with Crippen LogP contribution in [0.5, 0.6) is 0 Å². The molecule has 0 saturated carbocycles. The van der Waals surface area contributed by atoms with Crippen LogP contribution in [0.3, 0.4) is 0 Å². The van der Waals surface area contributed by atoms with E-state index in [1.54, 1.807) is 6.66 Å². The summed E-state index contributed by atoms with van der Waals surface area (Å²) in [5.74, 6) is 0. The van der Waals surface area contributed by atoms with Gasteiger partial charge in [-0.15, -0.1) is 0 Å². The first-order valence-electron chi connectivity index (χ1n) is 0.924. The van der Waals surface area contributed by atoms with Crippen LogP contribution in [0.1, 0.15) is 0 Å². The second-order valence-corrected chi connectivity index (χ2v) is 1.07. The van der Waals surface area contributed by atoms with Crippen LogP contribution in [-0.4, -0.2) is 12.7 Å². The van der Waals surface area contributed by atoms with Gasteiger partial charge in [0.25, 0.3) is 0 Å². The quantitative estimate of drug-likeness (QED) is 0.383. The van der Waals surface area contributed by atoms with Crippen LogP contribution in [0.4, 0.5) is 4.39 Å². The molecule has 0 bridgehead atoms. The Balaban J connectivity index is 2.55. The molecule has 0 aromatic heterocycles. The molecule has 0 aromatic rings. The van der Waals surface area contributed by atoms with E-state index in [0.29, 0.717) is 14.3 Å². The summed E-state index contributed by atoms with van der Waals surface area (Å²) in [6.45, 7) is 1.72. The van der Waals surface area contributed by atoms with Crippen molar-refractivity contribution in [3.05, 3.63) is 0 Å². The van der Waals surface area contributed by atoms with Gasteiger partial charge in [-0.1, -0.05) is 8.20 Å². The molecule has 0 N–H and O–H groups in total. The van der Waals surface area contributed by atoms with E-state index < -0.39 is 0 Å². The summed E-state index contributed by atoms with van der Waals surface area (Å²) in [5, 5.41) is 0. The van der Waals surface area contributed by atoms with Gasteiger partial charge in [0.1, 0.15) is 6.05 Å². The second-order valence-electron chi connectivity index (χ2n) is 0.356. The van der Waals surface area contributed by atoms with Gasteiger partial charge in [0.15, 0.2) is 0 Å². The van der Waals surface area contributed by atoms with Crippen LogP contribution in [0.15, 0.2) is 0 Å². The fraction of sp³-hybridized carbons (Fsp3) is 0.500. The third-order valence-electron chi connectivity index (χ3n) is 0.0976. The number of hydrogen-bond donors (Lipinski definition) is 0. The van der Waals surface area contributed by atoms with Crippen LogP contribution in [0, 0.1) is 0 Å². The molecule has 0 aliphatic carbocycles. The summed E-state index contributed by atoms with van der Waals surface area (Å²) >= 11 is 0. The van der Waals surface area contributed by atoms with Crippen LogP contribution in [0.2, 0.25) is 0 Å². The molecule has 24 valence electrons. The van der Waals surface area contributed by atoms with E-state index in [9.17, 15) is 4.39 Å². The average Bonchev–Trinajstić information content (AvgIpc) is 1.37. The molecule has 0 unspecified atom stereocenters. The first kappa shape index (κ1) is 4.10. The highest BCUT2D eigenvalue weighted by Crippen LogP contribution is 1.76. The van der Waals surface area contributed by atoms with Crippen molar-refractivity contribution in [1.29, 1.82) is 0 Å². The Labute approximate surface area is 26.4 Å². The highest BCUT2D eigenvalue weighted by Gasteiger charge is 1.39. The zero-order chi connectivity index (χ0) is 3.41.